The number of para-hydroxylation sites is 1. The maximum Gasteiger partial charge on any atom is 0.340 e. The monoisotopic (exact) mass is 545 g/mol. The number of benzene rings is 3. The van der Waals surface area contributed by atoms with Crippen LogP contribution in [0.1, 0.15) is 71.8 Å². The number of rotatable bonds is 7. The molecule has 41 heavy (non-hydrogen) atoms. The van der Waals surface area contributed by atoms with E-state index in [1.54, 1.807) is 0 Å². The highest BCUT2D eigenvalue weighted by Crippen LogP contribution is 2.58. The molecular formula is C35H35N3O3. The second-order valence-electron chi connectivity index (χ2n) is 11.7. The van der Waals surface area contributed by atoms with Crippen LogP contribution in [0.5, 0.6) is 11.5 Å². The van der Waals surface area contributed by atoms with Gasteiger partial charge in [0.15, 0.2) is 5.60 Å². The minimum atomic E-state index is -1.10. The fourth-order valence-corrected chi connectivity index (χ4v) is 6.97. The molecule has 0 bridgehead atoms. The number of esters is 1. The van der Waals surface area contributed by atoms with Crippen molar-refractivity contribution in [1.82, 2.24) is 10.3 Å². The van der Waals surface area contributed by atoms with Crippen molar-refractivity contribution in [2.24, 2.45) is 5.41 Å². The first-order valence-electron chi connectivity index (χ1n) is 14.7. The van der Waals surface area contributed by atoms with E-state index in [4.69, 9.17) is 9.47 Å². The Morgan fingerprint density at radius 3 is 2.44 bits per heavy atom. The molecule has 2 aliphatic heterocycles. The van der Waals surface area contributed by atoms with Gasteiger partial charge in [0.25, 0.3) is 0 Å². The minimum Gasteiger partial charge on any atom is -0.456 e. The largest absolute Gasteiger partial charge is 0.456 e. The van der Waals surface area contributed by atoms with Crippen LogP contribution >= 0.6 is 0 Å². The Morgan fingerprint density at radius 1 is 0.854 bits per heavy atom. The van der Waals surface area contributed by atoms with Gasteiger partial charge in [0.2, 0.25) is 0 Å². The van der Waals surface area contributed by atoms with Crippen LogP contribution in [-0.4, -0.2) is 23.7 Å². The normalized spacial score (nSPS) is 20.8. The third-order valence-electron chi connectivity index (χ3n) is 9.08. The summed E-state index contributed by atoms with van der Waals surface area (Å²) in [5.41, 5.74) is 4.04. The number of nitrogens with zero attached hydrogens (tertiary/aromatic N) is 1. The summed E-state index contributed by atoms with van der Waals surface area (Å²) in [6.45, 7) is 3.18. The van der Waals surface area contributed by atoms with Crippen molar-refractivity contribution >= 4 is 11.7 Å². The summed E-state index contributed by atoms with van der Waals surface area (Å²) in [5.74, 6) is 1.08. The van der Waals surface area contributed by atoms with E-state index >= 15 is 0 Å². The molecule has 2 N–H and O–H groups in total. The lowest BCUT2D eigenvalue weighted by Gasteiger charge is -2.44. The number of nitrogens with one attached hydrogen (secondary N) is 2. The van der Waals surface area contributed by atoms with Crippen LogP contribution in [0.4, 0.5) is 5.69 Å². The Hall–Kier alpha value is -4.16. The smallest absolute Gasteiger partial charge is 0.340 e. The molecule has 3 heterocycles. The fraction of sp³-hybridized carbons (Fsp3) is 0.314. The van der Waals surface area contributed by atoms with Crippen LogP contribution in [-0.2, 0) is 16.8 Å². The zero-order valence-corrected chi connectivity index (χ0v) is 23.4. The SMILES string of the molecule is CC1(C(NCCc2ccccn2)Nc2cccc3c2C2(OC(=O)c4ccccc42)c2ccccc2O3)CCCCC1. The zero-order chi connectivity index (χ0) is 27.9. The molecule has 208 valence electrons. The van der Waals surface area contributed by atoms with E-state index in [2.05, 4.69) is 34.7 Å². The predicted molar refractivity (Wildman–Crippen MR) is 159 cm³/mol. The third-order valence-corrected chi connectivity index (χ3v) is 9.08. The van der Waals surface area contributed by atoms with Gasteiger partial charge in [-0.25, -0.2) is 4.79 Å². The second-order valence-corrected chi connectivity index (χ2v) is 11.7. The molecule has 1 aromatic heterocycles. The third kappa shape index (κ3) is 4.38. The molecule has 4 aromatic rings. The second kappa shape index (κ2) is 10.3. The molecule has 1 fully saturated rings. The molecule has 1 aliphatic carbocycles. The highest BCUT2D eigenvalue weighted by atomic mass is 16.6. The maximum absolute atomic E-state index is 13.4. The number of ether oxygens (including phenoxy) is 2. The number of aromatic nitrogens is 1. The van der Waals surface area contributed by atoms with Gasteiger partial charge in [0.05, 0.1) is 17.3 Å². The highest BCUT2D eigenvalue weighted by Gasteiger charge is 2.54. The Balaban J connectivity index is 1.32. The molecule has 6 heteroatoms. The van der Waals surface area contributed by atoms with E-state index in [9.17, 15) is 4.79 Å². The molecular weight excluding hydrogens is 510 g/mol. The number of anilines is 1. The highest BCUT2D eigenvalue weighted by molar-refractivity contribution is 5.97. The maximum atomic E-state index is 13.4. The van der Waals surface area contributed by atoms with Crippen LogP contribution in [0.2, 0.25) is 0 Å². The minimum absolute atomic E-state index is 0.000388. The average molecular weight is 546 g/mol. The lowest BCUT2D eigenvalue weighted by molar-refractivity contribution is 0.0226. The summed E-state index contributed by atoms with van der Waals surface area (Å²) in [6, 6.07) is 27.7. The molecule has 3 aliphatic rings. The molecule has 6 nitrogen and oxygen atoms in total. The van der Waals surface area contributed by atoms with E-state index in [-0.39, 0.29) is 17.6 Å². The predicted octanol–water partition coefficient (Wildman–Crippen LogP) is 7.19. The molecule has 0 saturated heterocycles. The van der Waals surface area contributed by atoms with E-state index in [1.807, 2.05) is 79.0 Å². The van der Waals surface area contributed by atoms with Gasteiger partial charge in [-0.05, 0) is 49.2 Å². The standard InChI is InChI=1S/C35H35N3O3/c1-34(20-8-2-9-21-34)33(37-23-19-24-12-7-10-22-36-24)38-28-16-11-18-30-31(28)35(27-15-5-6-17-29(27)40-30)26-14-4-3-13-25(26)32(39)41-35/h3-7,10-18,22,33,37-38H,2,8-9,19-21,23H2,1H3. The van der Waals surface area contributed by atoms with Gasteiger partial charge in [0, 0.05) is 47.1 Å². The lowest BCUT2D eigenvalue weighted by atomic mass is 9.72. The molecule has 0 amide bonds. The first kappa shape index (κ1) is 25.8. The Labute approximate surface area is 241 Å². The number of pyridine rings is 1. The average Bonchev–Trinajstić information content (AvgIpc) is 3.30. The summed E-state index contributed by atoms with van der Waals surface area (Å²) in [4.78, 5) is 17.9. The molecule has 2 atom stereocenters. The molecule has 1 saturated carbocycles. The van der Waals surface area contributed by atoms with Gasteiger partial charge in [-0.3, -0.25) is 10.3 Å². The number of fused-ring (bicyclic) bond motifs is 6. The summed E-state index contributed by atoms with van der Waals surface area (Å²) in [7, 11) is 0. The summed E-state index contributed by atoms with van der Waals surface area (Å²) in [5, 5.41) is 7.79. The van der Waals surface area contributed by atoms with Gasteiger partial charge >= 0.3 is 5.97 Å². The van der Waals surface area contributed by atoms with Gasteiger partial charge in [-0.1, -0.05) is 74.7 Å². The van der Waals surface area contributed by atoms with E-state index in [1.165, 1.54) is 19.3 Å². The number of hydrogen-bond donors (Lipinski definition) is 2. The molecule has 2 unspecified atom stereocenters. The number of carbonyl (C=O) groups is 1. The molecule has 0 radical (unpaired) electrons. The fourth-order valence-electron chi connectivity index (χ4n) is 6.97. The van der Waals surface area contributed by atoms with Crippen LogP contribution in [0.25, 0.3) is 0 Å². The topological polar surface area (TPSA) is 72.5 Å². The first-order chi connectivity index (χ1) is 20.1. The summed E-state index contributed by atoms with van der Waals surface area (Å²) >= 11 is 0. The van der Waals surface area contributed by atoms with Crippen molar-refractivity contribution in [2.45, 2.75) is 57.2 Å². The Kier molecular flexibility index (Phi) is 6.51. The molecule has 7 rings (SSSR count). The van der Waals surface area contributed by atoms with E-state index in [0.717, 1.165) is 53.9 Å². The van der Waals surface area contributed by atoms with Gasteiger partial charge < -0.3 is 14.8 Å². The van der Waals surface area contributed by atoms with Crippen molar-refractivity contribution in [3.63, 3.8) is 0 Å². The molecule has 1 spiro atoms. The van der Waals surface area contributed by atoms with Crippen molar-refractivity contribution < 1.29 is 14.3 Å². The number of hydrogen-bond acceptors (Lipinski definition) is 6. The Bertz CT molecular complexity index is 1580. The quantitative estimate of drug-likeness (QED) is 0.189. The van der Waals surface area contributed by atoms with E-state index < -0.39 is 5.60 Å². The number of carbonyl (C=O) groups excluding carboxylic acids is 1. The van der Waals surface area contributed by atoms with Crippen LogP contribution in [0.15, 0.2) is 91.1 Å². The van der Waals surface area contributed by atoms with Gasteiger partial charge in [-0.2, -0.15) is 0 Å². The molecule has 3 aromatic carbocycles. The van der Waals surface area contributed by atoms with Gasteiger partial charge in [0.1, 0.15) is 11.5 Å². The van der Waals surface area contributed by atoms with Crippen molar-refractivity contribution in [3.8, 4) is 11.5 Å². The van der Waals surface area contributed by atoms with Crippen LogP contribution in [0, 0.1) is 5.41 Å². The summed E-state index contributed by atoms with van der Waals surface area (Å²) in [6.07, 6.45) is 8.67. The summed E-state index contributed by atoms with van der Waals surface area (Å²) < 4.78 is 12.9. The van der Waals surface area contributed by atoms with Crippen molar-refractivity contribution in [3.05, 3.63) is 119 Å². The van der Waals surface area contributed by atoms with Crippen LogP contribution < -0.4 is 15.4 Å². The lowest BCUT2D eigenvalue weighted by Crippen LogP contribution is -2.51. The zero-order valence-electron chi connectivity index (χ0n) is 23.4. The van der Waals surface area contributed by atoms with E-state index in [0.29, 0.717) is 17.1 Å². The van der Waals surface area contributed by atoms with Crippen molar-refractivity contribution in [2.75, 3.05) is 11.9 Å². The first-order valence-corrected chi connectivity index (χ1v) is 14.7. The Morgan fingerprint density at radius 2 is 1.61 bits per heavy atom. The van der Waals surface area contributed by atoms with Crippen molar-refractivity contribution in [1.29, 1.82) is 0 Å². The van der Waals surface area contributed by atoms with Crippen LogP contribution in [0.3, 0.4) is 0 Å². The van der Waals surface area contributed by atoms with Gasteiger partial charge in [-0.15, -0.1) is 0 Å².